The number of carbonyl (C=O) groups is 2. The van der Waals surface area contributed by atoms with Crippen molar-refractivity contribution in [3.8, 4) is 16.9 Å². The van der Waals surface area contributed by atoms with E-state index in [9.17, 15) is 9.59 Å². The van der Waals surface area contributed by atoms with Gasteiger partial charge in [0.05, 0.1) is 10.9 Å². The van der Waals surface area contributed by atoms with E-state index in [-0.39, 0.29) is 0 Å². The fraction of sp³-hybridized carbons (Fsp3) is 0.0476. The molecule has 0 radical (unpaired) electrons. The highest BCUT2D eigenvalue weighted by atomic mass is 16.5. The summed E-state index contributed by atoms with van der Waals surface area (Å²) in [5.74, 6) is 0.541. The summed E-state index contributed by atoms with van der Waals surface area (Å²) in [4.78, 5) is 26.5. The maximum Gasteiger partial charge on any atom is 0.298 e. The second-order valence-corrected chi connectivity index (χ2v) is 6.18. The van der Waals surface area contributed by atoms with Gasteiger partial charge in [0.1, 0.15) is 5.75 Å². The van der Waals surface area contributed by atoms with Gasteiger partial charge in [-0.3, -0.25) is 9.59 Å². The molecule has 1 N–H and O–H groups in total. The van der Waals surface area contributed by atoms with Crippen LogP contribution in [0.1, 0.15) is 21.5 Å². The fourth-order valence-corrected chi connectivity index (χ4v) is 4.01. The zero-order chi connectivity index (χ0) is 17.0. The monoisotopic (exact) mass is 327 g/mol. The van der Waals surface area contributed by atoms with Gasteiger partial charge in [-0.15, -0.1) is 0 Å². The lowest BCUT2D eigenvalue weighted by molar-refractivity contribution is -0.120. The van der Waals surface area contributed by atoms with Gasteiger partial charge in [-0.25, -0.2) is 0 Å². The van der Waals surface area contributed by atoms with Crippen LogP contribution in [0.15, 0.2) is 48.5 Å². The average molecular weight is 327 g/mol. The molecule has 120 valence electrons. The lowest BCUT2D eigenvalue weighted by Gasteiger charge is -2.12. The number of carbonyl (C=O) groups excluding carboxylic acids is 2. The molecule has 3 aromatic carbocycles. The normalized spacial score (nSPS) is 12.2. The number of nitrogens with one attached hydrogen (secondary N) is 1. The highest BCUT2D eigenvalue weighted by Gasteiger charge is 2.29. The van der Waals surface area contributed by atoms with Gasteiger partial charge in [-0.05, 0) is 17.2 Å². The van der Waals surface area contributed by atoms with E-state index >= 15 is 0 Å². The Hall–Kier alpha value is -3.40. The van der Waals surface area contributed by atoms with Crippen molar-refractivity contribution in [1.29, 1.82) is 0 Å². The topological polar surface area (TPSA) is 59.2 Å². The van der Waals surface area contributed by atoms with E-state index in [0.717, 1.165) is 44.8 Å². The first kappa shape index (κ1) is 14.0. The summed E-state index contributed by atoms with van der Waals surface area (Å²) in [5, 5.41) is 1.73. The van der Waals surface area contributed by atoms with Crippen molar-refractivity contribution >= 4 is 34.6 Å². The first-order chi connectivity index (χ1) is 12.3. The molecule has 0 amide bonds. The van der Waals surface area contributed by atoms with Gasteiger partial charge in [0.25, 0.3) is 6.47 Å². The number of ether oxygens (including phenoxy) is 1. The highest BCUT2D eigenvalue weighted by molar-refractivity contribution is 6.19. The van der Waals surface area contributed by atoms with Gasteiger partial charge in [0.2, 0.25) is 0 Å². The third-order valence-electron chi connectivity index (χ3n) is 4.99. The smallest absolute Gasteiger partial charge is 0.298 e. The predicted molar refractivity (Wildman–Crippen MR) is 96.1 cm³/mol. The van der Waals surface area contributed by atoms with E-state index < -0.39 is 0 Å². The van der Waals surface area contributed by atoms with Crippen LogP contribution >= 0.6 is 0 Å². The number of aromatic amines is 1. The Morgan fingerprint density at radius 3 is 2.64 bits per heavy atom. The third kappa shape index (κ3) is 1.76. The molecule has 4 aromatic rings. The van der Waals surface area contributed by atoms with Crippen molar-refractivity contribution in [3.05, 3.63) is 65.2 Å². The van der Waals surface area contributed by atoms with Crippen LogP contribution in [0.5, 0.6) is 5.75 Å². The molecular weight excluding hydrogens is 314 g/mol. The summed E-state index contributed by atoms with van der Waals surface area (Å²) in [6.45, 7) is 0.459. The van der Waals surface area contributed by atoms with Crippen molar-refractivity contribution < 1.29 is 14.3 Å². The Balaban J connectivity index is 2.03. The van der Waals surface area contributed by atoms with Crippen molar-refractivity contribution in [2.45, 2.75) is 6.42 Å². The molecule has 0 fully saturated rings. The van der Waals surface area contributed by atoms with Crippen LogP contribution in [0, 0.1) is 0 Å². The van der Waals surface area contributed by atoms with Crippen molar-refractivity contribution in [3.63, 3.8) is 0 Å². The van der Waals surface area contributed by atoms with Gasteiger partial charge >= 0.3 is 0 Å². The Kier molecular flexibility index (Phi) is 2.82. The number of para-hydroxylation sites is 1. The van der Waals surface area contributed by atoms with E-state index in [1.165, 1.54) is 0 Å². The molecule has 4 heteroatoms. The highest BCUT2D eigenvalue weighted by Crippen LogP contribution is 2.49. The van der Waals surface area contributed by atoms with E-state index in [4.69, 9.17) is 4.74 Å². The quantitative estimate of drug-likeness (QED) is 0.504. The van der Waals surface area contributed by atoms with Crippen molar-refractivity contribution in [1.82, 2.24) is 4.98 Å². The van der Waals surface area contributed by atoms with Crippen LogP contribution in [-0.4, -0.2) is 17.7 Å². The molecule has 0 unspecified atom stereocenters. The maximum absolute atomic E-state index is 12.0. The van der Waals surface area contributed by atoms with E-state index in [0.29, 0.717) is 29.7 Å². The SMILES string of the molecule is O=COc1c2c(c(C=O)c3[nH]c4ccccc4c13)-c1ccccc1C2. The van der Waals surface area contributed by atoms with Gasteiger partial charge < -0.3 is 9.72 Å². The average Bonchev–Trinajstić information content (AvgIpc) is 3.21. The number of hydrogen-bond donors (Lipinski definition) is 1. The molecule has 0 saturated heterocycles. The van der Waals surface area contributed by atoms with Gasteiger partial charge in [-0.2, -0.15) is 0 Å². The summed E-state index contributed by atoms with van der Waals surface area (Å²) < 4.78 is 5.44. The molecule has 0 aliphatic heterocycles. The van der Waals surface area contributed by atoms with Crippen molar-refractivity contribution in [2.24, 2.45) is 0 Å². The largest absolute Gasteiger partial charge is 0.428 e. The van der Waals surface area contributed by atoms with E-state index in [2.05, 4.69) is 4.98 Å². The minimum atomic E-state index is 0.459. The van der Waals surface area contributed by atoms with Crippen LogP contribution in [0.25, 0.3) is 32.9 Å². The number of benzene rings is 3. The van der Waals surface area contributed by atoms with Crippen LogP contribution in [0.2, 0.25) is 0 Å². The van der Waals surface area contributed by atoms with Gasteiger partial charge in [0, 0.05) is 34.0 Å². The minimum absolute atomic E-state index is 0.459. The Labute approximate surface area is 143 Å². The second kappa shape index (κ2) is 5.05. The number of aldehydes is 1. The Morgan fingerprint density at radius 1 is 1.00 bits per heavy atom. The molecule has 0 saturated carbocycles. The molecule has 1 aliphatic carbocycles. The van der Waals surface area contributed by atoms with Crippen LogP contribution in [-0.2, 0) is 11.2 Å². The maximum atomic E-state index is 12.0. The van der Waals surface area contributed by atoms with Crippen LogP contribution in [0.4, 0.5) is 0 Å². The molecule has 0 bridgehead atoms. The standard InChI is InChI=1S/C21H13NO3/c23-10-16-18-13-6-2-1-5-12(13)9-15(18)21(25-11-24)19-14-7-3-4-8-17(14)22-20(16)19/h1-8,10-11,22H,9H2. The molecule has 4 nitrogen and oxygen atoms in total. The number of hydrogen-bond acceptors (Lipinski definition) is 3. The lowest BCUT2D eigenvalue weighted by atomic mass is 9.95. The van der Waals surface area contributed by atoms with Gasteiger partial charge in [0.15, 0.2) is 6.29 Å². The van der Waals surface area contributed by atoms with Gasteiger partial charge in [-0.1, -0.05) is 42.5 Å². The van der Waals surface area contributed by atoms with E-state index in [1.54, 1.807) is 0 Å². The summed E-state index contributed by atoms with van der Waals surface area (Å²) >= 11 is 0. The number of fused-ring (bicyclic) bond motifs is 6. The molecule has 1 aliphatic rings. The predicted octanol–water partition coefficient (Wildman–Crippen LogP) is 4.24. The molecule has 5 rings (SSSR count). The van der Waals surface area contributed by atoms with E-state index in [1.807, 2.05) is 48.5 Å². The Morgan fingerprint density at radius 2 is 1.80 bits per heavy atom. The molecule has 0 atom stereocenters. The number of aromatic nitrogens is 1. The molecule has 1 heterocycles. The first-order valence-corrected chi connectivity index (χ1v) is 8.06. The summed E-state index contributed by atoms with van der Waals surface area (Å²) in [6.07, 6.45) is 1.54. The molecular formula is C21H13NO3. The first-order valence-electron chi connectivity index (χ1n) is 8.06. The van der Waals surface area contributed by atoms with Crippen LogP contribution < -0.4 is 4.74 Å². The molecule has 1 aromatic heterocycles. The summed E-state index contributed by atoms with van der Waals surface area (Å²) in [7, 11) is 0. The lowest BCUT2D eigenvalue weighted by Crippen LogP contribution is -1.98. The zero-order valence-electron chi connectivity index (χ0n) is 13.2. The third-order valence-corrected chi connectivity index (χ3v) is 4.99. The summed E-state index contributed by atoms with van der Waals surface area (Å²) in [6, 6.07) is 15.8. The number of rotatable bonds is 3. The summed E-state index contributed by atoms with van der Waals surface area (Å²) in [5.41, 5.74) is 6.15. The zero-order valence-corrected chi connectivity index (χ0v) is 13.2. The molecule has 0 spiro atoms. The van der Waals surface area contributed by atoms with Crippen molar-refractivity contribution in [2.75, 3.05) is 0 Å². The van der Waals surface area contributed by atoms with Crippen LogP contribution in [0.3, 0.4) is 0 Å². The fourth-order valence-electron chi connectivity index (χ4n) is 4.01. The molecule has 25 heavy (non-hydrogen) atoms. The second-order valence-electron chi connectivity index (χ2n) is 6.18. The number of H-pyrrole nitrogens is 1. The minimum Gasteiger partial charge on any atom is -0.428 e. The Bertz CT molecular complexity index is 1190.